The van der Waals surface area contributed by atoms with E-state index in [-0.39, 0.29) is 11.9 Å². The zero-order chi connectivity index (χ0) is 16.4. The summed E-state index contributed by atoms with van der Waals surface area (Å²) >= 11 is 1.57. The predicted octanol–water partition coefficient (Wildman–Crippen LogP) is 3.90. The van der Waals surface area contributed by atoms with E-state index in [4.69, 9.17) is 0 Å². The molecule has 24 heavy (non-hydrogen) atoms. The van der Waals surface area contributed by atoms with Crippen LogP contribution in [0, 0.1) is 0 Å². The molecule has 1 saturated heterocycles. The molecule has 1 N–H and O–H groups in total. The van der Waals surface area contributed by atoms with Crippen LogP contribution in [0.2, 0.25) is 0 Å². The molecule has 0 bridgehead atoms. The molecule has 0 aliphatic carbocycles. The minimum absolute atomic E-state index is 0.0738. The van der Waals surface area contributed by atoms with E-state index in [2.05, 4.69) is 15.2 Å². The van der Waals surface area contributed by atoms with Gasteiger partial charge in [-0.2, -0.15) is 5.10 Å². The second kappa shape index (κ2) is 6.57. The predicted molar refractivity (Wildman–Crippen MR) is 93.8 cm³/mol. The zero-order valence-corrected chi connectivity index (χ0v) is 14.0. The zero-order valence-electron chi connectivity index (χ0n) is 13.2. The maximum atomic E-state index is 13.0. The Morgan fingerprint density at radius 2 is 2.29 bits per heavy atom. The molecule has 0 saturated carbocycles. The third-order valence-electron chi connectivity index (χ3n) is 4.42. The van der Waals surface area contributed by atoms with Crippen molar-refractivity contribution < 1.29 is 4.79 Å². The third-order valence-corrected chi connectivity index (χ3v) is 5.40. The summed E-state index contributed by atoms with van der Waals surface area (Å²) < 4.78 is 0. The molecule has 3 aromatic rings. The minimum Gasteiger partial charge on any atom is -0.330 e. The van der Waals surface area contributed by atoms with Crippen molar-refractivity contribution in [3.8, 4) is 10.4 Å². The molecule has 3 aromatic heterocycles. The van der Waals surface area contributed by atoms with Crippen molar-refractivity contribution in [1.82, 2.24) is 20.1 Å². The Hall–Kier alpha value is -2.47. The van der Waals surface area contributed by atoms with Crippen molar-refractivity contribution in [2.45, 2.75) is 25.3 Å². The average molecular weight is 338 g/mol. The van der Waals surface area contributed by atoms with E-state index in [0.29, 0.717) is 0 Å². The van der Waals surface area contributed by atoms with E-state index in [1.165, 1.54) is 0 Å². The summed E-state index contributed by atoms with van der Waals surface area (Å²) in [6, 6.07) is 7.95. The maximum absolute atomic E-state index is 13.0. The van der Waals surface area contributed by atoms with E-state index in [1.54, 1.807) is 23.7 Å². The number of hydrogen-bond acceptors (Lipinski definition) is 4. The van der Waals surface area contributed by atoms with Gasteiger partial charge < -0.3 is 4.90 Å². The number of H-pyrrole nitrogens is 1. The highest BCUT2D eigenvalue weighted by molar-refractivity contribution is 7.13. The number of piperidine rings is 1. The number of rotatable bonds is 3. The van der Waals surface area contributed by atoms with Crippen LogP contribution in [0.25, 0.3) is 10.4 Å². The number of amides is 1. The van der Waals surface area contributed by atoms with E-state index in [9.17, 15) is 4.79 Å². The van der Waals surface area contributed by atoms with Crippen LogP contribution in [0.4, 0.5) is 0 Å². The number of thiophene rings is 1. The molecule has 0 aromatic carbocycles. The van der Waals surface area contributed by atoms with Crippen LogP contribution in [-0.4, -0.2) is 32.5 Å². The number of aromatic nitrogens is 3. The van der Waals surface area contributed by atoms with Crippen LogP contribution in [0.1, 0.15) is 41.4 Å². The van der Waals surface area contributed by atoms with Crippen molar-refractivity contribution in [2.75, 3.05) is 6.54 Å². The van der Waals surface area contributed by atoms with Gasteiger partial charge in [0, 0.05) is 34.8 Å². The van der Waals surface area contributed by atoms with Gasteiger partial charge in [-0.1, -0.05) is 6.07 Å². The van der Waals surface area contributed by atoms with Gasteiger partial charge in [-0.05, 0) is 37.5 Å². The number of nitrogens with one attached hydrogen (secondary N) is 1. The fourth-order valence-electron chi connectivity index (χ4n) is 3.21. The highest BCUT2D eigenvalue weighted by atomic mass is 32.1. The molecule has 1 amide bonds. The number of aromatic amines is 1. The third kappa shape index (κ3) is 2.85. The highest BCUT2D eigenvalue weighted by Crippen LogP contribution is 2.33. The topological polar surface area (TPSA) is 61.9 Å². The summed E-state index contributed by atoms with van der Waals surface area (Å²) in [5.41, 5.74) is 2.74. The van der Waals surface area contributed by atoms with Crippen LogP contribution in [0.5, 0.6) is 0 Å². The lowest BCUT2D eigenvalue weighted by Crippen LogP contribution is -2.38. The van der Waals surface area contributed by atoms with Crippen molar-refractivity contribution >= 4 is 17.2 Å². The first-order chi connectivity index (χ1) is 11.8. The van der Waals surface area contributed by atoms with Gasteiger partial charge in [0.25, 0.3) is 5.91 Å². The Morgan fingerprint density at radius 1 is 1.33 bits per heavy atom. The molecule has 1 aliphatic heterocycles. The Kier molecular flexibility index (Phi) is 4.13. The normalized spacial score (nSPS) is 17.8. The van der Waals surface area contributed by atoms with E-state index >= 15 is 0 Å². The van der Waals surface area contributed by atoms with Gasteiger partial charge in [-0.15, -0.1) is 11.3 Å². The second-order valence-electron chi connectivity index (χ2n) is 5.95. The number of nitrogens with zero attached hydrogens (tertiary/aromatic N) is 3. The molecule has 5 nitrogen and oxygen atoms in total. The minimum atomic E-state index is 0.0738. The summed E-state index contributed by atoms with van der Waals surface area (Å²) in [6.07, 6.45) is 8.58. The monoisotopic (exact) mass is 338 g/mol. The van der Waals surface area contributed by atoms with Gasteiger partial charge in [0.1, 0.15) is 0 Å². The lowest BCUT2D eigenvalue weighted by atomic mass is 9.98. The molecule has 1 aliphatic rings. The Morgan fingerprint density at radius 3 is 3.08 bits per heavy atom. The quantitative estimate of drug-likeness (QED) is 0.788. The maximum Gasteiger partial charge on any atom is 0.255 e. The van der Waals surface area contributed by atoms with Gasteiger partial charge in [0.15, 0.2) is 0 Å². The van der Waals surface area contributed by atoms with Crippen molar-refractivity contribution in [2.24, 2.45) is 0 Å². The molecule has 1 atom stereocenters. The van der Waals surface area contributed by atoms with Crippen molar-refractivity contribution in [3.63, 3.8) is 0 Å². The van der Waals surface area contributed by atoms with Gasteiger partial charge in [-0.25, -0.2) is 0 Å². The summed E-state index contributed by atoms with van der Waals surface area (Å²) in [7, 11) is 0. The lowest BCUT2D eigenvalue weighted by molar-refractivity contribution is 0.0606. The molecule has 122 valence electrons. The van der Waals surface area contributed by atoms with Gasteiger partial charge >= 0.3 is 0 Å². The smallest absolute Gasteiger partial charge is 0.255 e. The summed E-state index contributed by atoms with van der Waals surface area (Å²) in [5, 5.41) is 8.72. The second-order valence-corrected chi connectivity index (χ2v) is 6.86. The number of pyridine rings is 1. The lowest BCUT2D eigenvalue weighted by Gasteiger charge is -2.35. The molecule has 4 rings (SSSR count). The van der Waals surface area contributed by atoms with Crippen LogP contribution < -0.4 is 0 Å². The summed E-state index contributed by atoms with van der Waals surface area (Å²) in [4.78, 5) is 20.6. The summed E-state index contributed by atoms with van der Waals surface area (Å²) in [6.45, 7) is 0.789. The van der Waals surface area contributed by atoms with Crippen molar-refractivity contribution in [1.29, 1.82) is 0 Å². The SMILES string of the molecule is O=C(c1csc(-c2cn[nH]c2)c1)N1CCCCC1c1ccccn1. The van der Waals surface area contributed by atoms with Crippen molar-refractivity contribution in [3.05, 3.63) is 59.5 Å². The first-order valence-electron chi connectivity index (χ1n) is 8.12. The van der Waals surface area contributed by atoms with Crippen LogP contribution in [0.3, 0.4) is 0 Å². The molecule has 1 fully saturated rings. The molecule has 1 unspecified atom stereocenters. The van der Waals surface area contributed by atoms with E-state index < -0.39 is 0 Å². The fraction of sp³-hybridized carbons (Fsp3) is 0.278. The van der Waals surface area contributed by atoms with E-state index in [0.717, 1.165) is 47.5 Å². The molecule has 0 radical (unpaired) electrons. The molecule has 6 heteroatoms. The Bertz CT molecular complexity index is 813. The van der Waals surface area contributed by atoms with Crippen LogP contribution in [0.15, 0.2) is 48.2 Å². The molecule has 0 spiro atoms. The first kappa shape index (κ1) is 15.1. The summed E-state index contributed by atoms with van der Waals surface area (Å²) in [5.74, 6) is 0.0938. The average Bonchev–Trinajstić information content (AvgIpc) is 3.33. The number of likely N-dealkylation sites (tertiary alicyclic amines) is 1. The van der Waals surface area contributed by atoms with Crippen LogP contribution in [-0.2, 0) is 0 Å². The number of carbonyl (C=O) groups is 1. The number of hydrogen-bond donors (Lipinski definition) is 1. The van der Waals surface area contributed by atoms with Gasteiger partial charge in [-0.3, -0.25) is 14.9 Å². The van der Waals surface area contributed by atoms with Gasteiger partial charge in [0.05, 0.1) is 23.5 Å². The highest BCUT2D eigenvalue weighted by Gasteiger charge is 2.30. The largest absolute Gasteiger partial charge is 0.330 e. The standard InChI is InChI=1S/C18H18N4OS/c23-18(13-9-17(24-12-13)14-10-20-21-11-14)22-8-4-2-6-16(22)15-5-1-3-7-19-15/h1,3,5,7,9-12,16H,2,4,6,8H2,(H,20,21). The number of carbonyl (C=O) groups excluding carboxylic acids is 1. The van der Waals surface area contributed by atoms with E-state index in [1.807, 2.05) is 40.7 Å². The van der Waals surface area contributed by atoms with Gasteiger partial charge in [0.2, 0.25) is 0 Å². The van der Waals surface area contributed by atoms with Crippen LogP contribution >= 0.6 is 11.3 Å². The first-order valence-corrected chi connectivity index (χ1v) is 9.00. The molecular formula is C18H18N4OS. The Balaban J connectivity index is 1.60. The molecule has 4 heterocycles. The Labute approximate surface area is 144 Å². The molecular weight excluding hydrogens is 320 g/mol. The fourth-order valence-corrected chi connectivity index (χ4v) is 4.07.